The summed E-state index contributed by atoms with van der Waals surface area (Å²) in [7, 11) is 1.61. The van der Waals surface area contributed by atoms with Gasteiger partial charge in [0.05, 0.1) is 13.2 Å². The number of benzene rings is 2. The standard InChI is InChI=1S/C25H26ClNO4/c1-14(2)31-22-9-8-15(12-23(22)30-3)16-10-20-25(21(28)11-16)18(13-24(29)27-20)17-6-4-5-7-19(17)26/h4-9,12,14,16,18H,10-11,13H2,1-3H3,(H,27,29)/t16-,18-/m0/s1. The van der Waals surface area contributed by atoms with Crippen molar-refractivity contribution in [1.82, 2.24) is 5.32 Å². The first-order valence-electron chi connectivity index (χ1n) is 10.5. The van der Waals surface area contributed by atoms with Crippen LogP contribution in [0.2, 0.25) is 5.02 Å². The number of amides is 1. The molecule has 0 aromatic heterocycles. The first-order valence-corrected chi connectivity index (χ1v) is 10.9. The van der Waals surface area contributed by atoms with Crippen molar-refractivity contribution in [2.24, 2.45) is 0 Å². The molecule has 1 heterocycles. The predicted octanol–water partition coefficient (Wildman–Crippen LogP) is 5.14. The van der Waals surface area contributed by atoms with Crippen LogP contribution >= 0.6 is 11.6 Å². The van der Waals surface area contributed by atoms with Crippen LogP contribution in [0.15, 0.2) is 53.7 Å². The number of halogens is 1. The third kappa shape index (κ3) is 4.33. The van der Waals surface area contributed by atoms with E-state index < -0.39 is 0 Å². The van der Waals surface area contributed by atoms with Crippen molar-refractivity contribution >= 4 is 23.3 Å². The summed E-state index contributed by atoms with van der Waals surface area (Å²) in [6.45, 7) is 3.92. The lowest BCUT2D eigenvalue weighted by molar-refractivity contribution is -0.122. The van der Waals surface area contributed by atoms with E-state index in [-0.39, 0.29) is 36.1 Å². The molecule has 2 aromatic carbocycles. The van der Waals surface area contributed by atoms with Gasteiger partial charge in [-0.05, 0) is 55.5 Å². The van der Waals surface area contributed by atoms with E-state index in [0.29, 0.717) is 40.6 Å². The molecular weight excluding hydrogens is 414 g/mol. The van der Waals surface area contributed by atoms with E-state index >= 15 is 0 Å². The number of methoxy groups -OCH3 is 1. The molecule has 6 heteroatoms. The Morgan fingerprint density at radius 1 is 1.03 bits per heavy atom. The monoisotopic (exact) mass is 439 g/mol. The van der Waals surface area contributed by atoms with Crippen LogP contribution in [0.25, 0.3) is 0 Å². The fraction of sp³-hybridized carbons (Fsp3) is 0.360. The lowest BCUT2D eigenvalue weighted by Gasteiger charge is -2.35. The van der Waals surface area contributed by atoms with Gasteiger partial charge in [0.15, 0.2) is 17.3 Å². The van der Waals surface area contributed by atoms with Gasteiger partial charge in [-0.15, -0.1) is 0 Å². The zero-order valence-electron chi connectivity index (χ0n) is 17.9. The lowest BCUT2D eigenvalue weighted by Crippen LogP contribution is -2.38. The zero-order valence-corrected chi connectivity index (χ0v) is 18.7. The maximum Gasteiger partial charge on any atom is 0.225 e. The Bertz CT molecular complexity index is 1060. The molecule has 0 saturated carbocycles. The smallest absolute Gasteiger partial charge is 0.225 e. The van der Waals surface area contributed by atoms with Crippen molar-refractivity contribution < 1.29 is 19.1 Å². The summed E-state index contributed by atoms with van der Waals surface area (Å²) in [6, 6.07) is 13.2. The van der Waals surface area contributed by atoms with E-state index in [0.717, 1.165) is 11.1 Å². The van der Waals surface area contributed by atoms with Crippen LogP contribution in [-0.4, -0.2) is 24.9 Å². The van der Waals surface area contributed by atoms with Crippen molar-refractivity contribution in [2.75, 3.05) is 7.11 Å². The molecule has 0 unspecified atom stereocenters. The highest BCUT2D eigenvalue weighted by molar-refractivity contribution is 6.31. The molecule has 4 rings (SSSR count). The quantitative estimate of drug-likeness (QED) is 0.700. The van der Waals surface area contributed by atoms with Gasteiger partial charge in [-0.2, -0.15) is 0 Å². The highest BCUT2D eigenvalue weighted by Crippen LogP contribution is 2.45. The van der Waals surface area contributed by atoms with Gasteiger partial charge < -0.3 is 14.8 Å². The van der Waals surface area contributed by atoms with Crippen LogP contribution in [0, 0.1) is 0 Å². The molecule has 2 aliphatic rings. The molecule has 0 fully saturated rings. The Morgan fingerprint density at radius 2 is 1.81 bits per heavy atom. The molecule has 0 bridgehead atoms. The molecule has 1 aliphatic heterocycles. The number of ketones is 1. The minimum Gasteiger partial charge on any atom is -0.493 e. The minimum absolute atomic E-state index is 0.0305. The highest BCUT2D eigenvalue weighted by atomic mass is 35.5. The molecule has 5 nitrogen and oxygen atoms in total. The van der Waals surface area contributed by atoms with Crippen LogP contribution in [0.4, 0.5) is 0 Å². The Labute approximate surface area is 187 Å². The van der Waals surface area contributed by atoms with Crippen LogP contribution in [0.5, 0.6) is 11.5 Å². The van der Waals surface area contributed by atoms with E-state index in [1.807, 2.05) is 50.2 Å². The van der Waals surface area contributed by atoms with Gasteiger partial charge in [0.1, 0.15) is 0 Å². The summed E-state index contributed by atoms with van der Waals surface area (Å²) in [4.78, 5) is 25.7. The second-order valence-corrected chi connectivity index (χ2v) is 8.73. The van der Waals surface area contributed by atoms with E-state index in [9.17, 15) is 9.59 Å². The molecule has 2 aromatic rings. The molecule has 31 heavy (non-hydrogen) atoms. The Kier molecular flexibility index (Phi) is 6.05. The largest absolute Gasteiger partial charge is 0.493 e. The van der Waals surface area contributed by atoms with E-state index in [2.05, 4.69) is 5.32 Å². The van der Waals surface area contributed by atoms with E-state index in [1.54, 1.807) is 13.2 Å². The van der Waals surface area contributed by atoms with Gasteiger partial charge in [0.25, 0.3) is 0 Å². The maximum atomic E-state index is 13.3. The number of allylic oxidation sites excluding steroid dienone is 2. The average Bonchev–Trinajstić information content (AvgIpc) is 2.73. The van der Waals surface area contributed by atoms with Gasteiger partial charge >= 0.3 is 0 Å². The fourth-order valence-electron chi connectivity index (χ4n) is 4.51. The van der Waals surface area contributed by atoms with Gasteiger partial charge in [-0.1, -0.05) is 35.9 Å². The van der Waals surface area contributed by atoms with E-state index in [4.69, 9.17) is 21.1 Å². The van der Waals surface area contributed by atoms with Gasteiger partial charge in [0, 0.05) is 35.1 Å². The topological polar surface area (TPSA) is 64.6 Å². The molecule has 1 N–H and O–H groups in total. The first kappa shape index (κ1) is 21.4. The van der Waals surface area contributed by atoms with Crippen LogP contribution in [0.1, 0.15) is 56.1 Å². The Morgan fingerprint density at radius 3 is 2.52 bits per heavy atom. The summed E-state index contributed by atoms with van der Waals surface area (Å²) in [5.74, 6) is 0.932. The SMILES string of the molecule is COc1cc([C@@H]2CC(=O)C3=C(C2)NC(=O)C[C@H]3c2ccccc2Cl)ccc1OC(C)C. The zero-order chi connectivity index (χ0) is 22.1. The van der Waals surface area contributed by atoms with Crippen molar-refractivity contribution in [1.29, 1.82) is 0 Å². The summed E-state index contributed by atoms with van der Waals surface area (Å²) >= 11 is 6.40. The molecule has 2 atom stereocenters. The molecule has 162 valence electrons. The number of nitrogens with one attached hydrogen (secondary N) is 1. The van der Waals surface area contributed by atoms with Crippen LogP contribution in [0.3, 0.4) is 0 Å². The number of carbonyl (C=O) groups excluding carboxylic acids is 2. The number of hydrogen-bond donors (Lipinski definition) is 1. The molecule has 1 amide bonds. The van der Waals surface area contributed by atoms with Crippen molar-refractivity contribution in [3.8, 4) is 11.5 Å². The second kappa shape index (κ2) is 8.75. The van der Waals surface area contributed by atoms with Crippen molar-refractivity contribution in [3.63, 3.8) is 0 Å². The highest BCUT2D eigenvalue weighted by Gasteiger charge is 2.39. The van der Waals surface area contributed by atoms with Crippen LogP contribution < -0.4 is 14.8 Å². The number of carbonyl (C=O) groups is 2. The number of ether oxygens (including phenoxy) is 2. The number of hydrogen-bond acceptors (Lipinski definition) is 4. The number of rotatable bonds is 5. The van der Waals surface area contributed by atoms with Gasteiger partial charge in [0.2, 0.25) is 5.91 Å². The third-order valence-electron chi connectivity index (χ3n) is 5.84. The van der Waals surface area contributed by atoms with Crippen molar-refractivity contribution in [2.45, 2.75) is 51.0 Å². The summed E-state index contributed by atoms with van der Waals surface area (Å²) < 4.78 is 11.3. The second-order valence-electron chi connectivity index (χ2n) is 8.32. The predicted molar refractivity (Wildman–Crippen MR) is 120 cm³/mol. The molecular formula is C25H26ClNO4. The first-order chi connectivity index (χ1) is 14.9. The van der Waals surface area contributed by atoms with Crippen molar-refractivity contribution in [3.05, 3.63) is 69.9 Å². The fourth-order valence-corrected chi connectivity index (χ4v) is 4.78. The molecule has 0 spiro atoms. The molecule has 0 saturated heterocycles. The van der Waals surface area contributed by atoms with Gasteiger partial charge in [-0.3, -0.25) is 9.59 Å². The lowest BCUT2D eigenvalue weighted by atomic mass is 9.73. The molecule has 0 radical (unpaired) electrons. The molecule has 1 aliphatic carbocycles. The van der Waals surface area contributed by atoms with Crippen LogP contribution in [-0.2, 0) is 9.59 Å². The Balaban J connectivity index is 1.67. The summed E-state index contributed by atoms with van der Waals surface area (Å²) in [5, 5.41) is 3.53. The average molecular weight is 440 g/mol. The van der Waals surface area contributed by atoms with Gasteiger partial charge in [-0.25, -0.2) is 0 Å². The maximum absolute atomic E-state index is 13.3. The normalized spacial score (nSPS) is 21.1. The van der Waals surface area contributed by atoms with E-state index in [1.165, 1.54) is 0 Å². The minimum atomic E-state index is -0.303. The third-order valence-corrected chi connectivity index (χ3v) is 6.18. The summed E-state index contributed by atoms with van der Waals surface area (Å²) in [5.41, 5.74) is 3.22. The summed E-state index contributed by atoms with van der Waals surface area (Å²) in [6.07, 6.45) is 1.22. The Hall–Kier alpha value is -2.79. The number of Topliss-reactive ketones (excluding diaryl/α,β-unsaturated/α-hetero) is 1.